The first-order valence-electron chi connectivity index (χ1n) is 7.15. The van der Waals surface area contributed by atoms with Crippen LogP contribution in [0.3, 0.4) is 0 Å². The Morgan fingerprint density at radius 3 is 2.57 bits per heavy atom. The number of carbonyl (C=O) groups excluding carboxylic acids is 2. The van der Waals surface area contributed by atoms with Crippen LogP contribution in [0, 0.1) is 5.82 Å². The molecular formula is C17H15FN2O3. The summed E-state index contributed by atoms with van der Waals surface area (Å²) in [6.45, 7) is 0.0902. The summed E-state index contributed by atoms with van der Waals surface area (Å²) < 4.78 is 18.7. The molecule has 1 heterocycles. The van der Waals surface area contributed by atoms with Crippen LogP contribution in [0.5, 0.6) is 5.75 Å². The van der Waals surface area contributed by atoms with Crippen molar-refractivity contribution in [3.8, 4) is 5.75 Å². The van der Waals surface area contributed by atoms with E-state index in [1.807, 2.05) is 0 Å². The van der Waals surface area contributed by atoms with Crippen LogP contribution >= 0.6 is 0 Å². The van der Waals surface area contributed by atoms with Crippen LogP contribution in [0.1, 0.15) is 10.4 Å². The summed E-state index contributed by atoms with van der Waals surface area (Å²) in [6.07, 6.45) is -0.792. The van der Waals surface area contributed by atoms with Gasteiger partial charge in [0.1, 0.15) is 11.6 Å². The first kappa shape index (κ1) is 15.0. The largest absolute Gasteiger partial charge is 0.477 e. The third kappa shape index (κ3) is 2.88. The number of hydrogen-bond donors (Lipinski definition) is 1. The second kappa shape index (κ2) is 6.08. The molecule has 1 unspecified atom stereocenters. The Hall–Kier alpha value is -2.89. The van der Waals surface area contributed by atoms with Gasteiger partial charge in [-0.05, 0) is 36.4 Å². The molecule has 3 rings (SSSR count). The van der Waals surface area contributed by atoms with E-state index in [0.717, 1.165) is 0 Å². The minimum absolute atomic E-state index is 0.0902. The van der Waals surface area contributed by atoms with Crippen LogP contribution in [-0.4, -0.2) is 31.5 Å². The highest BCUT2D eigenvalue weighted by Gasteiger charge is 2.33. The fourth-order valence-electron chi connectivity index (χ4n) is 2.47. The standard InChI is InChI=1S/C17H15FN2O3/c1-19-16(21)15-10-20(13-4-2-3-5-14(13)23-15)17(22)11-6-8-12(18)9-7-11/h2-9,15H,10H2,1H3,(H,19,21). The first-order chi connectivity index (χ1) is 11.1. The molecule has 0 fully saturated rings. The highest BCUT2D eigenvalue weighted by Crippen LogP contribution is 2.34. The number of benzene rings is 2. The topological polar surface area (TPSA) is 58.6 Å². The summed E-state index contributed by atoms with van der Waals surface area (Å²) >= 11 is 0. The monoisotopic (exact) mass is 314 g/mol. The van der Waals surface area contributed by atoms with Crippen molar-refractivity contribution in [2.75, 3.05) is 18.5 Å². The van der Waals surface area contributed by atoms with Gasteiger partial charge >= 0.3 is 0 Å². The van der Waals surface area contributed by atoms with Gasteiger partial charge in [0, 0.05) is 12.6 Å². The number of carbonyl (C=O) groups is 2. The van der Waals surface area contributed by atoms with E-state index in [9.17, 15) is 14.0 Å². The summed E-state index contributed by atoms with van der Waals surface area (Å²) in [7, 11) is 1.51. The van der Waals surface area contributed by atoms with Crippen molar-refractivity contribution >= 4 is 17.5 Å². The molecule has 1 aliphatic rings. The normalized spacial score (nSPS) is 16.3. The maximum absolute atomic E-state index is 13.0. The van der Waals surface area contributed by atoms with Gasteiger partial charge in [0.05, 0.1) is 12.2 Å². The molecule has 23 heavy (non-hydrogen) atoms. The van der Waals surface area contributed by atoms with E-state index < -0.39 is 11.9 Å². The second-order valence-electron chi connectivity index (χ2n) is 5.11. The molecule has 0 saturated heterocycles. The minimum atomic E-state index is -0.792. The molecule has 1 atom stereocenters. The number of nitrogens with zero attached hydrogens (tertiary/aromatic N) is 1. The van der Waals surface area contributed by atoms with Gasteiger partial charge in [0.25, 0.3) is 11.8 Å². The molecule has 0 saturated carbocycles. The molecule has 0 radical (unpaired) electrons. The quantitative estimate of drug-likeness (QED) is 0.922. The molecule has 0 bridgehead atoms. The van der Waals surface area contributed by atoms with Crippen molar-refractivity contribution in [3.05, 3.63) is 59.9 Å². The third-order valence-corrected chi connectivity index (χ3v) is 3.65. The minimum Gasteiger partial charge on any atom is -0.477 e. The Morgan fingerprint density at radius 1 is 1.17 bits per heavy atom. The molecule has 1 aliphatic heterocycles. The number of fused-ring (bicyclic) bond motifs is 1. The lowest BCUT2D eigenvalue weighted by Crippen LogP contribution is -2.50. The molecule has 2 aromatic carbocycles. The average Bonchev–Trinajstić information content (AvgIpc) is 2.60. The van der Waals surface area contributed by atoms with Crippen LogP contribution in [0.4, 0.5) is 10.1 Å². The SMILES string of the molecule is CNC(=O)C1CN(C(=O)c2ccc(F)cc2)c2ccccc2O1. The molecule has 1 N–H and O–H groups in total. The van der Waals surface area contributed by atoms with Gasteiger partial charge in [0.2, 0.25) is 0 Å². The zero-order valence-corrected chi connectivity index (χ0v) is 12.5. The van der Waals surface area contributed by atoms with E-state index in [1.54, 1.807) is 24.3 Å². The summed E-state index contributed by atoms with van der Waals surface area (Å²) in [4.78, 5) is 26.1. The van der Waals surface area contributed by atoms with Crippen LogP contribution in [0.25, 0.3) is 0 Å². The van der Waals surface area contributed by atoms with Gasteiger partial charge in [0.15, 0.2) is 6.10 Å². The molecule has 0 aliphatic carbocycles. The zero-order valence-electron chi connectivity index (χ0n) is 12.5. The molecule has 118 valence electrons. The van der Waals surface area contributed by atoms with Crippen molar-refractivity contribution < 1.29 is 18.7 Å². The predicted octanol–water partition coefficient (Wildman–Crippen LogP) is 1.98. The van der Waals surface area contributed by atoms with E-state index in [0.29, 0.717) is 17.0 Å². The van der Waals surface area contributed by atoms with Gasteiger partial charge in [-0.15, -0.1) is 0 Å². The second-order valence-corrected chi connectivity index (χ2v) is 5.11. The highest BCUT2D eigenvalue weighted by molar-refractivity contribution is 6.07. The van der Waals surface area contributed by atoms with Gasteiger partial charge in [-0.2, -0.15) is 0 Å². The molecule has 2 aromatic rings. The van der Waals surface area contributed by atoms with E-state index in [2.05, 4.69) is 5.32 Å². The third-order valence-electron chi connectivity index (χ3n) is 3.65. The van der Waals surface area contributed by atoms with Gasteiger partial charge in [-0.25, -0.2) is 4.39 Å². The summed E-state index contributed by atoms with van der Waals surface area (Å²) in [5.41, 5.74) is 0.931. The molecule has 5 nitrogen and oxygen atoms in total. The van der Waals surface area contributed by atoms with Crippen LogP contribution in [0.15, 0.2) is 48.5 Å². The Balaban J connectivity index is 1.97. The van der Waals surface area contributed by atoms with Gasteiger partial charge < -0.3 is 15.0 Å². The fourth-order valence-corrected chi connectivity index (χ4v) is 2.47. The fraction of sp³-hybridized carbons (Fsp3) is 0.176. The lowest BCUT2D eigenvalue weighted by atomic mass is 10.1. The lowest BCUT2D eigenvalue weighted by molar-refractivity contribution is -0.127. The predicted molar refractivity (Wildman–Crippen MR) is 83.0 cm³/mol. The first-order valence-corrected chi connectivity index (χ1v) is 7.15. The van der Waals surface area contributed by atoms with Crippen LogP contribution < -0.4 is 15.0 Å². The Bertz CT molecular complexity index is 746. The molecule has 0 spiro atoms. The number of likely N-dealkylation sites (N-methyl/N-ethyl adjacent to an activating group) is 1. The average molecular weight is 314 g/mol. The van der Waals surface area contributed by atoms with E-state index in [4.69, 9.17) is 4.74 Å². The number of anilines is 1. The number of rotatable bonds is 2. The summed E-state index contributed by atoms with van der Waals surface area (Å²) in [5.74, 6) is -0.568. The maximum Gasteiger partial charge on any atom is 0.262 e. The number of para-hydroxylation sites is 2. The van der Waals surface area contributed by atoms with Gasteiger partial charge in [-0.3, -0.25) is 9.59 Å². The summed E-state index contributed by atoms with van der Waals surface area (Å²) in [5, 5.41) is 2.52. The van der Waals surface area contributed by atoms with E-state index >= 15 is 0 Å². The summed E-state index contributed by atoms with van der Waals surface area (Å²) in [6, 6.07) is 12.3. The van der Waals surface area contributed by atoms with Crippen molar-refractivity contribution in [2.24, 2.45) is 0 Å². The number of halogens is 1. The molecular weight excluding hydrogens is 299 g/mol. The Kier molecular flexibility index (Phi) is 3.97. The highest BCUT2D eigenvalue weighted by atomic mass is 19.1. The zero-order chi connectivity index (χ0) is 16.4. The lowest BCUT2D eigenvalue weighted by Gasteiger charge is -2.34. The van der Waals surface area contributed by atoms with Crippen LogP contribution in [-0.2, 0) is 4.79 Å². The molecule has 2 amide bonds. The van der Waals surface area contributed by atoms with Crippen LogP contribution in [0.2, 0.25) is 0 Å². The van der Waals surface area contributed by atoms with Crippen molar-refractivity contribution in [1.82, 2.24) is 5.32 Å². The maximum atomic E-state index is 13.0. The van der Waals surface area contributed by atoms with Crippen molar-refractivity contribution in [1.29, 1.82) is 0 Å². The Labute approximate surface area is 132 Å². The number of ether oxygens (including phenoxy) is 1. The number of hydrogen-bond acceptors (Lipinski definition) is 3. The van der Waals surface area contributed by atoms with Crippen molar-refractivity contribution in [3.63, 3.8) is 0 Å². The van der Waals surface area contributed by atoms with Gasteiger partial charge in [-0.1, -0.05) is 12.1 Å². The number of amides is 2. The smallest absolute Gasteiger partial charge is 0.262 e. The molecule has 0 aromatic heterocycles. The Morgan fingerprint density at radius 2 is 1.87 bits per heavy atom. The van der Waals surface area contributed by atoms with E-state index in [-0.39, 0.29) is 18.4 Å². The van der Waals surface area contributed by atoms with Crippen molar-refractivity contribution in [2.45, 2.75) is 6.10 Å². The number of nitrogens with one attached hydrogen (secondary N) is 1. The molecule has 6 heteroatoms. The van der Waals surface area contributed by atoms with E-state index in [1.165, 1.54) is 36.2 Å².